The van der Waals surface area contributed by atoms with Gasteiger partial charge in [0.2, 0.25) is 15.9 Å². The number of amides is 1. The van der Waals surface area contributed by atoms with Crippen LogP contribution in [0.3, 0.4) is 0 Å². The number of hydrogen-bond donors (Lipinski definition) is 1. The molecule has 0 aliphatic heterocycles. The number of anilines is 2. The van der Waals surface area contributed by atoms with Crippen LogP contribution in [0, 0.1) is 0 Å². The molecule has 0 fully saturated rings. The molecule has 10 heteroatoms. The minimum Gasteiger partial charge on any atom is -0.324 e. The number of Topliss-reactive ketones (excluding diaryl/α,β-unsaturated/α-hetero) is 1. The Balaban J connectivity index is 2.37. The van der Waals surface area contributed by atoms with Gasteiger partial charge in [0, 0.05) is 11.3 Å². The van der Waals surface area contributed by atoms with Crippen LogP contribution in [0.25, 0.3) is 0 Å². The minimum atomic E-state index is -4.67. The van der Waals surface area contributed by atoms with E-state index in [2.05, 4.69) is 5.32 Å². The van der Waals surface area contributed by atoms with Gasteiger partial charge in [0.25, 0.3) is 0 Å². The molecule has 0 saturated carbocycles. The molecule has 0 radical (unpaired) electrons. The first-order valence-corrected chi connectivity index (χ1v) is 10.2. The SMILES string of the molecule is CC(=O)c1cccc(NC(=O)[C@H](C)N(c2cccc(C(F)(F)F)c2)S(C)(=O)=O)c1. The monoisotopic (exact) mass is 428 g/mol. The highest BCUT2D eigenvalue weighted by Gasteiger charge is 2.34. The van der Waals surface area contributed by atoms with E-state index in [9.17, 15) is 31.2 Å². The Labute approximate surface area is 166 Å². The van der Waals surface area contributed by atoms with Gasteiger partial charge in [-0.05, 0) is 44.2 Å². The van der Waals surface area contributed by atoms with Crippen LogP contribution in [0.4, 0.5) is 24.5 Å². The van der Waals surface area contributed by atoms with Crippen molar-refractivity contribution in [1.82, 2.24) is 0 Å². The molecule has 0 heterocycles. The average molecular weight is 428 g/mol. The molecule has 2 rings (SSSR count). The van der Waals surface area contributed by atoms with E-state index in [4.69, 9.17) is 0 Å². The van der Waals surface area contributed by atoms with Gasteiger partial charge in [-0.1, -0.05) is 18.2 Å². The van der Waals surface area contributed by atoms with Crippen molar-refractivity contribution >= 4 is 33.1 Å². The molecule has 29 heavy (non-hydrogen) atoms. The van der Waals surface area contributed by atoms with Crippen molar-refractivity contribution in [2.45, 2.75) is 26.1 Å². The van der Waals surface area contributed by atoms with E-state index in [-0.39, 0.29) is 17.2 Å². The fourth-order valence-electron chi connectivity index (χ4n) is 2.69. The molecule has 1 amide bonds. The lowest BCUT2D eigenvalue weighted by atomic mass is 10.1. The number of carbonyl (C=O) groups excluding carboxylic acids is 2. The zero-order valence-electron chi connectivity index (χ0n) is 15.8. The van der Waals surface area contributed by atoms with E-state index < -0.39 is 33.7 Å². The highest BCUT2D eigenvalue weighted by Crippen LogP contribution is 2.33. The quantitative estimate of drug-likeness (QED) is 0.711. The Morgan fingerprint density at radius 1 is 1.07 bits per heavy atom. The normalized spacial score (nSPS) is 12.9. The molecule has 0 saturated heterocycles. The molecule has 0 aromatic heterocycles. The third kappa shape index (κ3) is 5.57. The van der Waals surface area contributed by atoms with Gasteiger partial charge in [0.1, 0.15) is 6.04 Å². The summed E-state index contributed by atoms with van der Waals surface area (Å²) in [5.41, 5.74) is -0.728. The summed E-state index contributed by atoms with van der Waals surface area (Å²) in [6.45, 7) is 2.61. The molecule has 0 unspecified atom stereocenters. The van der Waals surface area contributed by atoms with Crippen LogP contribution in [-0.2, 0) is 21.0 Å². The number of ketones is 1. The zero-order valence-corrected chi connectivity index (χ0v) is 16.6. The Kier molecular flexibility index (Phi) is 6.37. The number of halogens is 3. The summed E-state index contributed by atoms with van der Waals surface area (Å²) in [5, 5.41) is 2.48. The molecule has 0 spiro atoms. The summed E-state index contributed by atoms with van der Waals surface area (Å²) < 4.78 is 64.1. The lowest BCUT2D eigenvalue weighted by molar-refractivity contribution is -0.137. The Morgan fingerprint density at radius 3 is 2.24 bits per heavy atom. The van der Waals surface area contributed by atoms with Gasteiger partial charge in [-0.25, -0.2) is 8.42 Å². The van der Waals surface area contributed by atoms with Crippen molar-refractivity contribution in [1.29, 1.82) is 0 Å². The van der Waals surface area contributed by atoms with Gasteiger partial charge in [-0.15, -0.1) is 0 Å². The van der Waals surface area contributed by atoms with Gasteiger partial charge in [0.15, 0.2) is 5.78 Å². The summed E-state index contributed by atoms with van der Waals surface area (Å²) in [4.78, 5) is 24.1. The molecule has 6 nitrogen and oxygen atoms in total. The van der Waals surface area contributed by atoms with Crippen LogP contribution < -0.4 is 9.62 Å². The molecule has 1 N–H and O–H groups in total. The Hall–Kier alpha value is -2.88. The van der Waals surface area contributed by atoms with E-state index in [1.54, 1.807) is 6.07 Å². The van der Waals surface area contributed by atoms with Gasteiger partial charge >= 0.3 is 6.18 Å². The maximum absolute atomic E-state index is 13.0. The van der Waals surface area contributed by atoms with E-state index in [1.807, 2.05) is 0 Å². The van der Waals surface area contributed by atoms with Gasteiger partial charge in [-0.3, -0.25) is 13.9 Å². The van der Waals surface area contributed by atoms with Crippen LogP contribution in [0.1, 0.15) is 29.8 Å². The van der Waals surface area contributed by atoms with Crippen molar-refractivity contribution in [3.05, 3.63) is 59.7 Å². The zero-order chi connectivity index (χ0) is 22.0. The van der Waals surface area contributed by atoms with Gasteiger partial charge < -0.3 is 5.32 Å². The first-order chi connectivity index (χ1) is 13.3. The predicted molar refractivity (Wildman–Crippen MR) is 103 cm³/mol. The highest BCUT2D eigenvalue weighted by molar-refractivity contribution is 7.92. The van der Waals surface area contributed by atoms with Crippen molar-refractivity contribution in [3.8, 4) is 0 Å². The number of nitrogens with one attached hydrogen (secondary N) is 1. The van der Waals surface area contributed by atoms with Crippen LogP contribution >= 0.6 is 0 Å². The van der Waals surface area contributed by atoms with Crippen molar-refractivity contribution in [2.24, 2.45) is 0 Å². The molecular formula is C19H19F3N2O4S. The largest absolute Gasteiger partial charge is 0.416 e. The van der Waals surface area contributed by atoms with Crippen molar-refractivity contribution in [3.63, 3.8) is 0 Å². The number of alkyl halides is 3. The number of sulfonamides is 1. The second kappa shape index (κ2) is 8.24. The summed E-state index contributed by atoms with van der Waals surface area (Å²) in [6, 6.07) is 8.38. The number of rotatable bonds is 6. The summed E-state index contributed by atoms with van der Waals surface area (Å²) in [6.07, 6.45) is -3.87. The van der Waals surface area contributed by atoms with Crippen molar-refractivity contribution in [2.75, 3.05) is 15.9 Å². The molecule has 2 aromatic rings. The minimum absolute atomic E-state index is 0.226. The first kappa shape index (κ1) is 22.4. The lowest BCUT2D eigenvalue weighted by Gasteiger charge is -2.28. The fraction of sp³-hybridized carbons (Fsp3) is 0.263. The van der Waals surface area contributed by atoms with Crippen LogP contribution in [0.15, 0.2) is 48.5 Å². The second-order valence-corrected chi connectivity index (χ2v) is 8.27. The van der Waals surface area contributed by atoms with Gasteiger partial charge in [-0.2, -0.15) is 13.2 Å². The van der Waals surface area contributed by atoms with Crippen LogP contribution in [0.2, 0.25) is 0 Å². The molecule has 2 aromatic carbocycles. The average Bonchev–Trinajstić information content (AvgIpc) is 2.60. The first-order valence-electron chi connectivity index (χ1n) is 8.39. The third-order valence-corrected chi connectivity index (χ3v) is 5.29. The standard InChI is InChI=1S/C19H19F3N2O4S/c1-12(18(26)23-16-8-4-6-14(10-16)13(2)25)24(29(3,27)28)17-9-5-7-15(11-17)19(20,21)22/h4-12H,1-3H3,(H,23,26)/t12-/m0/s1. The second-order valence-electron chi connectivity index (χ2n) is 6.41. The fourth-order valence-corrected chi connectivity index (χ4v) is 3.86. The Morgan fingerprint density at radius 2 is 1.69 bits per heavy atom. The van der Waals surface area contributed by atoms with E-state index in [0.717, 1.165) is 18.4 Å². The molecule has 1 atom stereocenters. The summed E-state index contributed by atoms with van der Waals surface area (Å²) in [5.74, 6) is -0.996. The number of carbonyl (C=O) groups is 2. The molecule has 0 bridgehead atoms. The van der Waals surface area contributed by atoms with E-state index in [1.165, 1.54) is 38.1 Å². The predicted octanol–water partition coefficient (Wildman–Crippen LogP) is 3.70. The maximum atomic E-state index is 13.0. The van der Waals surface area contributed by atoms with Crippen LogP contribution in [0.5, 0.6) is 0 Å². The van der Waals surface area contributed by atoms with Crippen molar-refractivity contribution < 1.29 is 31.2 Å². The number of hydrogen-bond acceptors (Lipinski definition) is 4. The van der Waals surface area contributed by atoms with Gasteiger partial charge in [0.05, 0.1) is 17.5 Å². The molecular weight excluding hydrogens is 409 g/mol. The molecule has 0 aliphatic carbocycles. The number of benzene rings is 2. The maximum Gasteiger partial charge on any atom is 0.416 e. The smallest absolute Gasteiger partial charge is 0.324 e. The lowest BCUT2D eigenvalue weighted by Crippen LogP contribution is -2.45. The number of nitrogens with zero attached hydrogens (tertiary/aromatic N) is 1. The van der Waals surface area contributed by atoms with Crippen LogP contribution in [-0.4, -0.2) is 32.4 Å². The summed E-state index contributed by atoms with van der Waals surface area (Å²) in [7, 11) is -4.09. The van der Waals surface area contributed by atoms with E-state index >= 15 is 0 Å². The van der Waals surface area contributed by atoms with E-state index in [0.29, 0.717) is 15.9 Å². The summed E-state index contributed by atoms with van der Waals surface area (Å²) >= 11 is 0. The molecule has 156 valence electrons. The Bertz CT molecular complexity index is 1040. The topological polar surface area (TPSA) is 83.6 Å². The third-order valence-electron chi connectivity index (χ3n) is 4.05. The highest BCUT2D eigenvalue weighted by atomic mass is 32.2. The molecule has 0 aliphatic rings.